The standard InChI is InChI=1S/C13H19ClN4OS/c14-11-8-9(15)7-10(13(16)19)12(11)17-1-2-18-3-5-20-6-4-18/h7-8,17H,1-6,15H2,(H2,16,19). The molecule has 0 aliphatic carbocycles. The lowest BCUT2D eigenvalue weighted by molar-refractivity contribution is 0.100. The number of primary amides is 1. The molecule has 0 atom stereocenters. The minimum Gasteiger partial charge on any atom is -0.399 e. The first-order valence-electron chi connectivity index (χ1n) is 6.50. The summed E-state index contributed by atoms with van der Waals surface area (Å²) in [5.41, 5.74) is 12.4. The number of rotatable bonds is 5. The topological polar surface area (TPSA) is 84.4 Å². The molecule has 2 rings (SSSR count). The van der Waals surface area contributed by atoms with Crippen LogP contribution in [0.15, 0.2) is 12.1 Å². The van der Waals surface area contributed by atoms with Crippen LogP contribution < -0.4 is 16.8 Å². The van der Waals surface area contributed by atoms with Gasteiger partial charge in [0.05, 0.1) is 16.3 Å². The zero-order chi connectivity index (χ0) is 14.5. The van der Waals surface area contributed by atoms with Crippen molar-refractivity contribution in [1.29, 1.82) is 0 Å². The van der Waals surface area contributed by atoms with E-state index in [1.165, 1.54) is 11.5 Å². The molecule has 5 N–H and O–H groups in total. The van der Waals surface area contributed by atoms with E-state index >= 15 is 0 Å². The van der Waals surface area contributed by atoms with Crippen molar-refractivity contribution in [2.45, 2.75) is 0 Å². The van der Waals surface area contributed by atoms with Crippen LogP contribution in [0.1, 0.15) is 10.4 Å². The second-order valence-electron chi connectivity index (χ2n) is 4.67. The summed E-state index contributed by atoms with van der Waals surface area (Å²) in [5, 5.41) is 3.62. The van der Waals surface area contributed by atoms with Gasteiger partial charge in [-0.05, 0) is 12.1 Å². The molecule has 1 amide bonds. The fraction of sp³-hybridized carbons (Fsp3) is 0.462. The molecule has 0 spiro atoms. The number of amides is 1. The number of carbonyl (C=O) groups excluding carboxylic acids is 1. The number of nitrogens with one attached hydrogen (secondary N) is 1. The summed E-state index contributed by atoms with van der Waals surface area (Å²) in [4.78, 5) is 13.8. The Labute approximate surface area is 128 Å². The van der Waals surface area contributed by atoms with Gasteiger partial charge in [0, 0.05) is 43.4 Å². The van der Waals surface area contributed by atoms with Crippen molar-refractivity contribution in [3.63, 3.8) is 0 Å². The molecule has 0 saturated carbocycles. The molecule has 1 fully saturated rings. The van der Waals surface area contributed by atoms with Crippen molar-refractivity contribution in [1.82, 2.24) is 4.90 Å². The zero-order valence-corrected chi connectivity index (χ0v) is 12.8. The summed E-state index contributed by atoms with van der Waals surface area (Å²) in [6.07, 6.45) is 0. The van der Waals surface area contributed by atoms with Gasteiger partial charge in [0.2, 0.25) is 0 Å². The van der Waals surface area contributed by atoms with Crippen LogP contribution in [0.5, 0.6) is 0 Å². The molecule has 1 aromatic rings. The zero-order valence-electron chi connectivity index (χ0n) is 11.2. The van der Waals surface area contributed by atoms with Gasteiger partial charge in [0.15, 0.2) is 0 Å². The molecular formula is C13H19ClN4OS. The monoisotopic (exact) mass is 314 g/mol. The lowest BCUT2D eigenvalue weighted by Gasteiger charge is -2.26. The third-order valence-corrected chi connectivity index (χ3v) is 4.45. The van der Waals surface area contributed by atoms with E-state index in [1.807, 2.05) is 11.8 Å². The van der Waals surface area contributed by atoms with Gasteiger partial charge < -0.3 is 16.8 Å². The van der Waals surface area contributed by atoms with Crippen molar-refractivity contribution >= 4 is 40.6 Å². The highest BCUT2D eigenvalue weighted by molar-refractivity contribution is 7.99. The van der Waals surface area contributed by atoms with E-state index in [0.717, 1.165) is 19.6 Å². The Morgan fingerprint density at radius 1 is 1.40 bits per heavy atom. The van der Waals surface area contributed by atoms with E-state index in [-0.39, 0.29) is 0 Å². The van der Waals surface area contributed by atoms with Gasteiger partial charge >= 0.3 is 0 Å². The molecule has 1 saturated heterocycles. The van der Waals surface area contributed by atoms with Crippen molar-refractivity contribution in [3.8, 4) is 0 Å². The Balaban J connectivity index is 1.99. The van der Waals surface area contributed by atoms with Crippen molar-refractivity contribution in [3.05, 3.63) is 22.7 Å². The molecule has 1 aromatic carbocycles. The number of carbonyl (C=O) groups is 1. The summed E-state index contributed by atoms with van der Waals surface area (Å²) in [7, 11) is 0. The Morgan fingerprint density at radius 3 is 2.75 bits per heavy atom. The van der Waals surface area contributed by atoms with Gasteiger partial charge in [-0.2, -0.15) is 11.8 Å². The highest BCUT2D eigenvalue weighted by Gasteiger charge is 2.14. The summed E-state index contributed by atoms with van der Waals surface area (Å²) in [6.45, 7) is 3.84. The number of halogens is 1. The molecule has 110 valence electrons. The average molecular weight is 315 g/mol. The molecule has 0 bridgehead atoms. The van der Waals surface area contributed by atoms with E-state index in [0.29, 0.717) is 28.5 Å². The third-order valence-electron chi connectivity index (χ3n) is 3.21. The van der Waals surface area contributed by atoms with Gasteiger partial charge in [-0.25, -0.2) is 0 Å². The normalized spacial score (nSPS) is 16.1. The first-order valence-corrected chi connectivity index (χ1v) is 8.04. The SMILES string of the molecule is NC(=O)c1cc(N)cc(Cl)c1NCCN1CCSCC1. The number of nitrogens with zero attached hydrogens (tertiary/aromatic N) is 1. The predicted octanol–water partition coefficient (Wildman–Crippen LogP) is 1.48. The molecule has 1 aliphatic heterocycles. The molecule has 7 heteroatoms. The summed E-state index contributed by atoms with van der Waals surface area (Å²) < 4.78 is 0. The third kappa shape index (κ3) is 3.94. The number of hydrogen-bond acceptors (Lipinski definition) is 5. The van der Waals surface area contributed by atoms with Crippen molar-refractivity contribution in [2.24, 2.45) is 5.73 Å². The number of nitrogen functional groups attached to an aromatic ring is 1. The smallest absolute Gasteiger partial charge is 0.250 e. The highest BCUT2D eigenvalue weighted by atomic mass is 35.5. The number of hydrogen-bond donors (Lipinski definition) is 3. The molecule has 1 heterocycles. The Bertz CT molecular complexity index is 492. The van der Waals surface area contributed by atoms with Gasteiger partial charge in [-0.15, -0.1) is 0 Å². The second kappa shape index (κ2) is 7.06. The molecule has 1 aliphatic rings. The van der Waals surface area contributed by atoms with Gasteiger partial charge in [-0.3, -0.25) is 9.69 Å². The molecule has 0 unspecified atom stereocenters. The van der Waals surface area contributed by atoms with Crippen LogP contribution in [0.4, 0.5) is 11.4 Å². The number of benzene rings is 1. The molecule has 0 aromatic heterocycles. The van der Waals surface area contributed by atoms with Crippen LogP contribution in [0.2, 0.25) is 5.02 Å². The van der Waals surface area contributed by atoms with Crippen LogP contribution >= 0.6 is 23.4 Å². The highest BCUT2D eigenvalue weighted by Crippen LogP contribution is 2.28. The number of thioether (sulfide) groups is 1. The van der Waals surface area contributed by atoms with Gasteiger partial charge in [0.25, 0.3) is 5.91 Å². The molecule has 5 nitrogen and oxygen atoms in total. The Kier molecular flexibility index (Phi) is 5.39. The second-order valence-corrected chi connectivity index (χ2v) is 6.30. The minimum atomic E-state index is -0.531. The fourth-order valence-electron chi connectivity index (χ4n) is 2.17. The quantitative estimate of drug-likeness (QED) is 0.717. The van der Waals surface area contributed by atoms with E-state index in [1.54, 1.807) is 12.1 Å². The van der Waals surface area contributed by atoms with E-state index in [9.17, 15) is 4.79 Å². The van der Waals surface area contributed by atoms with Crippen molar-refractivity contribution in [2.75, 3.05) is 48.7 Å². The van der Waals surface area contributed by atoms with Crippen LogP contribution in [0, 0.1) is 0 Å². The molecular weight excluding hydrogens is 296 g/mol. The summed E-state index contributed by atoms with van der Waals surface area (Å²) in [6, 6.07) is 3.17. The molecule has 20 heavy (non-hydrogen) atoms. The number of anilines is 2. The number of nitrogens with two attached hydrogens (primary N) is 2. The average Bonchev–Trinajstić information content (AvgIpc) is 2.41. The maximum atomic E-state index is 11.4. The maximum Gasteiger partial charge on any atom is 0.250 e. The van der Waals surface area contributed by atoms with Crippen molar-refractivity contribution < 1.29 is 4.79 Å². The Morgan fingerprint density at radius 2 is 2.10 bits per heavy atom. The predicted molar refractivity (Wildman–Crippen MR) is 86.6 cm³/mol. The first kappa shape index (κ1) is 15.3. The van der Waals surface area contributed by atoms with Crippen LogP contribution in [0.25, 0.3) is 0 Å². The van der Waals surface area contributed by atoms with E-state index in [2.05, 4.69) is 10.2 Å². The largest absolute Gasteiger partial charge is 0.399 e. The van der Waals surface area contributed by atoms with Gasteiger partial charge in [-0.1, -0.05) is 11.6 Å². The fourth-order valence-corrected chi connectivity index (χ4v) is 3.44. The minimum absolute atomic E-state index is 0.337. The summed E-state index contributed by atoms with van der Waals surface area (Å²) in [5.74, 6) is 1.82. The van der Waals surface area contributed by atoms with E-state index in [4.69, 9.17) is 23.1 Å². The maximum absolute atomic E-state index is 11.4. The summed E-state index contributed by atoms with van der Waals surface area (Å²) >= 11 is 8.11. The first-order chi connectivity index (χ1) is 9.58. The van der Waals surface area contributed by atoms with Crippen LogP contribution in [0.3, 0.4) is 0 Å². The Hall–Kier alpha value is -1.11. The molecule has 0 radical (unpaired) electrons. The lowest BCUT2D eigenvalue weighted by Crippen LogP contribution is -2.36. The van der Waals surface area contributed by atoms with Crippen LogP contribution in [-0.2, 0) is 0 Å². The van der Waals surface area contributed by atoms with E-state index < -0.39 is 5.91 Å². The lowest BCUT2D eigenvalue weighted by atomic mass is 10.1. The van der Waals surface area contributed by atoms with Crippen LogP contribution in [-0.4, -0.2) is 48.5 Å². The van der Waals surface area contributed by atoms with Gasteiger partial charge in [0.1, 0.15) is 0 Å².